The first-order valence-electron chi connectivity index (χ1n) is 9.61. The molecule has 0 aliphatic heterocycles. The zero-order chi connectivity index (χ0) is 22.1. The monoisotopic (exact) mass is 453 g/mol. The highest BCUT2D eigenvalue weighted by Gasteiger charge is 2.17. The molecule has 0 saturated carbocycles. The van der Waals surface area contributed by atoms with E-state index in [0.717, 1.165) is 16.8 Å². The molecule has 2 aromatic carbocycles. The highest BCUT2D eigenvalue weighted by molar-refractivity contribution is 7.99. The Morgan fingerprint density at radius 3 is 2.74 bits per heavy atom. The van der Waals surface area contributed by atoms with Crippen LogP contribution in [0.2, 0.25) is 0 Å². The van der Waals surface area contributed by atoms with Crippen LogP contribution in [0.5, 0.6) is 0 Å². The van der Waals surface area contributed by atoms with Crippen molar-refractivity contribution in [1.29, 1.82) is 0 Å². The lowest BCUT2D eigenvalue weighted by molar-refractivity contribution is -0.113. The van der Waals surface area contributed by atoms with Gasteiger partial charge in [-0.3, -0.25) is 14.2 Å². The minimum absolute atomic E-state index is 0.0302. The zero-order valence-corrected chi connectivity index (χ0v) is 18.9. The third-order valence-electron chi connectivity index (χ3n) is 5.05. The fourth-order valence-electron chi connectivity index (χ4n) is 3.18. The van der Waals surface area contributed by atoms with Crippen LogP contribution in [-0.4, -0.2) is 21.2 Å². The third kappa shape index (κ3) is 4.26. The average Bonchev–Trinajstić information content (AvgIpc) is 3.21. The first-order chi connectivity index (χ1) is 14.8. The Bertz CT molecular complexity index is 1360. The zero-order valence-electron chi connectivity index (χ0n) is 17.2. The molecule has 4 aromatic rings. The van der Waals surface area contributed by atoms with Crippen molar-refractivity contribution in [3.63, 3.8) is 0 Å². The number of rotatable bonds is 5. The Hall–Kier alpha value is -2.97. The van der Waals surface area contributed by atoms with E-state index in [1.807, 2.05) is 37.4 Å². The van der Waals surface area contributed by atoms with Crippen LogP contribution >= 0.6 is 23.1 Å². The maximum absolute atomic E-state index is 13.8. The Balaban J connectivity index is 1.67. The van der Waals surface area contributed by atoms with E-state index in [9.17, 15) is 14.0 Å². The number of carbonyl (C=O) groups excluding carboxylic acids is 1. The van der Waals surface area contributed by atoms with Gasteiger partial charge in [0.2, 0.25) is 5.91 Å². The van der Waals surface area contributed by atoms with Gasteiger partial charge in [0.1, 0.15) is 10.5 Å². The second-order valence-corrected chi connectivity index (χ2v) is 9.05. The van der Waals surface area contributed by atoms with E-state index in [1.54, 1.807) is 29.7 Å². The summed E-state index contributed by atoms with van der Waals surface area (Å²) in [5.74, 6) is -0.651. The molecule has 0 bridgehead atoms. The van der Waals surface area contributed by atoms with E-state index >= 15 is 0 Å². The minimum Gasteiger partial charge on any atom is -0.325 e. The van der Waals surface area contributed by atoms with E-state index in [0.29, 0.717) is 26.6 Å². The number of fused-ring (bicyclic) bond motifs is 1. The lowest BCUT2D eigenvalue weighted by Crippen LogP contribution is -2.23. The summed E-state index contributed by atoms with van der Waals surface area (Å²) in [7, 11) is 0. The molecule has 8 heteroatoms. The average molecular weight is 454 g/mol. The van der Waals surface area contributed by atoms with Crippen LogP contribution in [0.15, 0.2) is 57.8 Å². The van der Waals surface area contributed by atoms with Crippen LogP contribution in [0.4, 0.5) is 10.1 Å². The molecule has 4 rings (SSSR count). The van der Waals surface area contributed by atoms with Crippen molar-refractivity contribution in [2.75, 3.05) is 11.1 Å². The molecule has 0 saturated heterocycles. The molecule has 0 aliphatic carbocycles. The predicted octanol–water partition coefficient (Wildman–Crippen LogP) is 5.24. The van der Waals surface area contributed by atoms with E-state index < -0.39 is 0 Å². The number of benzene rings is 2. The van der Waals surface area contributed by atoms with Gasteiger partial charge in [-0.1, -0.05) is 30.0 Å². The van der Waals surface area contributed by atoms with Gasteiger partial charge in [0.15, 0.2) is 5.16 Å². The topological polar surface area (TPSA) is 64.0 Å². The Kier molecular flexibility index (Phi) is 5.93. The van der Waals surface area contributed by atoms with Gasteiger partial charge in [-0.2, -0.15) is 0 Å². The molecule has 2 aromatic heterocycles. The number of hydrogen-bond donors (Lipinski definition) is 1. The van der Waals surface area contributed by atoms with Gasteiger partial charge in [0, 0.05) is 5.69 Å². The van der Waals surface area contributed by atoms with Crippen LogP contribution in [0.25, 0.3) is 15.9 Å². The summed E-state index contributed by atoms with van der Waals surface area (Å²) in [4.78, 5) is 30.4. The molecule has 5 nitrogen and oxygen atoms in total. The number of carbonyl (C=O) groups is 1. The highest BCUT2D eigenvalue weighted by atomic mass is 32.2. The van der Waals surface area contributed by atoms with E-state index in [2.05, 4.69) is 10.3 Å². The molecule has 0 unspecified atom stereocenters. The molecular weight excluding hydrogens is 433 g/mol. The number of aryl methyl sites for hydroxylation is 2. The van der Waals surface area contributed by atoms with Crippen LogP contribution in [0, 0.1) is 26.6 Å². The van der Waals surface area contributed by atoms with Gasteiger partial charge in [-0.05, 0) is 67.1 Å². The first-order valence-corrected chi connectivity index (χ1v) is 11.5. The normalized spacial score (nSPS) is 11.1. The number of hydrogen-bond acceptors (Lipinski definition) is 5. The molecule has 0 aliphatic rings. The molecule has 2 heterocycles. The quantitative estimate of drug-likeness (QED) is 0.331. The molecule has 0 atom stereocenters. The third-order valence-corrected chi connectivity index (χ3v) is 6.88. The van der Waals surface area contributed by atoms with Gasteiger partial charge in [-0.25, -0.2) is 9.37 Å². The van der Waals surface area contributed by atoms with Crippen molar-refractivity contribution in [2.24, 2.45) is 0 Å². The number of nitrogens with one attached hydrogen (secondary N) is 1. The number of anilines is 1. The highest BCUT2D eigenvalue weighted by Crippen LogP contribution is 2.26. The molecular formula is C23H20FN3O2S2. The molecule has 1 N–H and O–H groups in total. The summed E-state index contributed by atoms with van der Waals surface area (Å²) >= 11 is 2.52. The summed E-state index contributed by atoms with van der Waals surface area (Å²) in [6, 6.07) is 12.1. The molecule has 1 amide bonds. The SMILES string of the molecule is Cc1ccc(NC(=O)CSc2nc3ccsc3c(=O)n2-c2cccc(C)c2C)cc1F. The Labute approximate surface area is 187 Å². The van der Waals surface area contributed by atoms with Crippen molar-refractivity contribution in [3.05, 3.63) is 80.7 Å². The maximum atomic E-state index is 13.8. The van der Waals surface area contributed by atoms with Gasteiger partial charge in [0.25, 0.3) is 5.56 Å². The standard InChI is InChI=1S/C23H20FN3O2S2/c1-13-5-4-6-19(15(13)3)27-22(29)21-18(9-10-30-21)26-23(27)31-12-20(28)25-16-8-7-14(2)17(24)11-16/h4-11H,12H2,1-3H3,(H,25,28). The van der Waals surface area contributed by atoms with E-state index in [1.165, 1.54) is 29.2 Å². The Morgan fingerprint density at radius 2 is 1.97 bits per heavy atom. The number of thiophene rings is 1. The second kappa shape index (κ2) is 8.64. The van der Waals surface area contributed by atoms with Gasteiger partial charge in [0.05, 0.1) is 17.0 Å². The number of amides is 1. The van der Waals surface area contributed by atoms with Crippen molar-refractivity contribution >= 4 is 44.9 Å². The summed E-state index contributed by atoms with van der Waals surface area (Å²) in [6.07, 6.45) is 0. The fraction of sp³-hybridized carbons (Fsp3) is 0.174. The van der Waals surface area contributed by atoms with Gasteiger partial charge in [-0.15, -0.1) is 11.3 Å². The summed E-state index contributed by atoms with van der Waals surface area (Å²) in [6.45, 7) is 5.61. The van der Waals surface area contributed by atoms with Crippen molar-refractivity contribution in [3.8, 4) is 5.69 Å². The number of halogens is 1. The number of aromatic nitrogens is 2. The van der Waals surface area contributed by atoms with Gasteiger partial charge >= 0.3 is 0 Å². The second-order valence-electron chi connectivity index (χ2n) is 7.19. The first kappa shape index (κ1) is 21.3. The number of thioether (sulfide) groups is 1. The molecule has 0 radical (unpaired) electrons. The van der Waals surface area contributed by atoms with Gasteiger partial charge < -0.3 is 5.32 Å². The lowest BCUT2D eigenvalue weighted by atomic mass is 10.1. The van der Waals surface area contributed by atoms with Crippen LogP contribution in [0.3, 0.4) is 0 Å². The maximum Gasteiger partial charge on any atom is 0.276 e. The van der Waals surface area contributed by atoms with Crippen molar-refractivity contribution in [1.82, 2.24) is 9.55 Å². The summed E-state index contributed by atoms with van der Waals surface area (Å²) < 4.78 is 15.9. The summed E-state index contributed by atoms with van der Waals surface area (Å²) in [5, 5.41) is 4.97. The molecule has 0 spiro atoms. The van der Waals surface area contributed by atoms with Crippen LogP contribution in [0.1, 0.15) is 16.7 Å². The molecule has 0 fully saturated rings. The van der Waals surface area contributed by atoms with Crippen LogP contribution in [-0.2, 0) is 4.79 Å². The largest absolute Gasteiger partial charge is 0.325 e. The number of nitrogens with zero attached hydrogens (tertiary/aromatic N) is 2. The Morgan fingerprint density at radius 1 is 1.16 bits per heavy atom. The predicted molar refractivity (Wildman–Crippen MR) is 125 cm³/mol. The van der Waals surface area contributed by atoms with E-state index in [4.69, 9.17) is 0 Å². The smallest absolute Gasteiger partial charge is 0.276 e. The minimum atomic E-state index is -0.376. The van der Waals surface area contributed by atoms with Crippen LogP contribution < -0.4 is 10.9 Å². The molecule has 158 valence electrons. The van der Waals surface area contributed by atoms with Crippen molar-refractivity contribution in [2.45, 2.75) is 25.9 Å². The van der Waals surface area contributed by atoms with Crippen molar-refractivity contribution < 1.29 is 9.18 Å². The fourth-order valence-corrected chi connectivity index (χ4v) is 4.74. The molecule has 31 heavy (non-hydrogen) atoms. The van der Waals surface area contributed by atoms with E-state index in [-0.39, 0.29) is 23.0 Å². The lowest BCUT2D eigenvalue weighted by Gasteiger charge is -2.15. The summed E-state index contributed by atoms with van der Waals surface area (Å²) in [5.41, 5.74) is 4.14.